The lowest BCUT2D eigenvalue weighted by molar-refractivity contribution is -0.144. The van der Waals surface area contributed by atoms with Gasteiger partial charge in [0.25, 0.3) is 0 Å². The number of halogens is 1. The largest absolute Gasteiger partial charge is 0.479 e. The van der Waals surface area contributed by atoms with Crippen LogP contribution in [0.2, 0.25) is 0 Å². The monoisotopic (exact) mass is 296 g/mol. The van der Waals surface area contributed by atoms with Gasteiger partial charge in [0.05, 0.1) is 12.6 Å². The zero-order chi connectivity index (χ0) is 15.5. The number of rotatable bonds is 4. The molecular weight excluding hydrogens is 279 g/mol. The number of carboxylic acids is 1. The van der Waals surface area contributed by atoms with Crippen molar-refractivity contribution < 1.29 is 23.8 Å². The summed E-state index contributed by atoms with van der Waals surface area (Å²) in [6.07, 6.45) is 0.198. The third-order valence-electron chi connectivity index (χ3n) is 3.50. The molecule has 7 heteroatoms. The summed E-state index contributed by atoms with van der Waals surface area (Å²) in [5.41, 5.74) is -1.08. The molecule has 1 aromatic carbocycles. The summed E-state index contributed by atoms with van der Waals surface area (Å²) >= 11 is 0. The highest BCUT2D eigenvalue weighted by molar-refractivity contribution is 5.86. The van der Waals surface area contributed by atoms with Crippen LogP contribution in [0.25, 0.3) is 0 Å². The van der Waals surface area contributed by atoms with Gasteiger partial charge in [-0.25, -0.2) is 14.0 Å². The fourth-order valence-corrected chi connectivity index (χ4v) is 2.24. The van der Waals surface area contributed by atoms with Crippen LogP contribution in [0.1, 0.15) is 24.9 Å². The van der Waals surface area contributed by atoms with Gasteiger partial charge >= 0.3 is 12.0 Å². The van der Waals surface area contributed by atoms with E-state index in [1.165, 1.54) is 6.07 Å². The minimum absolute atomic E-state index is 0.0795. The molecule has 1 fully saturated rings. The second-order valence-electron chi connectivity index (χ2n) is 5.03. The Morgan fingerprint density at radius 2 is 2.14 bits per heavy atom. The molecule has 1 saturated heterocycles. The van der Waals surface area contributed by atoms with Crippen LogP contribution in [-0.4, -0.2) is 35.9 Å². The number of carboxylic acid groups (broad SMARTS) is 1. The molecule has 6 nitrogen and oxygen atoms in total. The predicted molar refractivity (Wildman–Crippen MR) is 72.3 cm³/mol. The van der Waals surface area contributed by atoms with Crippen molar-refractivity contribution in [3.8, 4) is 0 Å². The first-order valence-electron chi connectivity index (χ1n) is 6.59. The van der Waals surface area contributed by atoms with Crippen LogP contribution in [0.4, 0.5) is 9.18 Å². The molecule has 114 valence electrons. The van der Waals surface area contributed by atoms with E-state index in [0.717, 1.165) is 0 Å². The Morgan fingerprint density at radius 1 is 1.43 bits per heavy atom. The predicted octanol–water partition coefficient (Wildman–Crippen LogP) is 1.43. The van der Waals surface area contributed by atoms with Gasteiger partial charge in [-0.15, -0.1) is 0 Å². The zero-order valence-electron chi connectivity index (χ0n) is 11.6. The topological polar surface area (TPSA) is 87.7 Å². The average Bonchev–Trinajstić information content (AvgIpc) is 2.88. The van der Waals surface area contributed by atoms with Crippen LogP contribution in [0.15, 0.2) is 24.3 Å². The maximum Gasteiger partial charge on any atom is 0.332 e. The number of amides is 2. The van der Waals surface area contributed by atoms with Crippen molar-refractivity contribution in [3.05, 3.63) is 35.6 Å². The quantitative estimate of drug-likeness (QED) is 0.784. The third-order valence-corrected chi connectivity index (χ3v) is 3.50. The van der Waals surface area contributed by atoms with Gasteiger partial charge in [0.1, 0.15) is 5.82 Å². The van der Waals surface area contributed by atoms with Crippen LogP contribution in [-0.2, 0) is 9.53 Å². The van der Waals surface area contributed by atoms with Gasteiger partial charge in [0.15, 0.2) is 5.54 Å². The number of aliphatic carboxylic acids is 1. The highest BCUT2D eigenvalue weighted by Gasteiger charge is 2.44. The molecule has 2 rings (SSSR count). The van der Waals surface area contributed by atoms with E-state index in [9.17, 15) is 19.1 Å². The molecule has 2 amide bonds. The summed E-state index contributed by atoms with van der Waals surface area (Å²) in [7, 11) is 0. The molecule has 0 aliphatic carbocycles. The van der Waals surface area contributed by atoms with Crippen molar-refractivity contribution in [2.45, 2.75) is 24.9 Å². The van der Waals surface area contributed by atoms with Gasteiger partial charge in [-0.3, -0.25) is 0 Å². The molecule has 2 atom stereocenters. The Morgan fingerprint density at radius 3 is 2.71 bits per heavy atom. The summed E-state index contributed by atoms with van der Waals surface area (Å²) in [5.74, 6) is -1.57. The molecule has 0 aromatic heterocycles. The molecule has 2 unspecified atom stereocenters. The SMILES string of the molecule is CC(NC(=O)NC1(C(=O)O)CCOC1)c1ccccc1F. The minimum atomic E-state index is -1.42. The van der Waals surface area contributed by atoms with Crippen molar-refractivity contribution in [1.82, 2.24) is 10.6 Å². The van der Waals surface area contributed by atoms with Crippen LogP contribution < -0.4 is 10.6 Å². The van der Waals surface area contributed by atoms with E-state index >= 15 is 0 Å². The normalized spacial score (nSPS) is 22.6. The van der Waals surface area contributed by atoms with Crippen molar-refractivity contribution in [2.75, 3.05) is 13.2 Å². The molecule has 1 aliphatic heterocycles. The first-order chi connectivity index (χ1) is 9.94. The maximum atomic E-state index is 13.6. The van der Waals surface area contributed by atoms with Gasteiger partial charge in [0, 0.05) is 18.6 Å². The van der Waals surface area contributed by atoms with Gasteiger partial charge < -0.3 is 20.5 Å². The number of benzene rings is 1. The zero-order valence-corrected chi connectivity index (χ0v) is 11.6. The van der Waals surface area contributed by atoms with E-state index in [2.05, 4.69) is 10.6 Å². The number of nitrogens with one attached hydrogen (secondary N) is 2. The van der Waals surface area contributed by atoms with Crippen molar-refractivity contribution in [2.24, 2.45) is 0 Å². The number of carbonyl (C=O) groups is 2. The lowest BCUT2D eigenvalue weighted by Crippen LogP contribution is -2.58. The van der Waals surface area contributed by atoms with E-state index in [4.69, 9.17) is 4.74 Å². The minimum Gasteiger partial charge on any atom is -0.479 e. The van der Waals surface area contributed by atoms with Gasteiger partial charge in [-0.05, 0) is 13.0 Å². The van der Waals surface area contributed by atoms with Crippen molar-refractivity contribution >= 4 is 12.0 Å². The molecular formula is C14H17FN2O4. The maximum absolute atomic E-state index is 13.6. The summed E-state index contributed by atoms with van der Waals surface area (Å²) in [6.45, 7) is 1.82. The third kappa shape index (κ3) is 3.30. The van der Waals surface area contributed by atoms with Gasteiger partial charge in [0.2, 0.25) is 0 Å². The molecule has 1 heterocycles. The Hall–Kier alpha value is -2.15. The molecule has 21 heavy (non-hydrogen) atoms. The molecule has 1 aromatic rings. The number of hydrogen-bond donors (Lipinski definition) is 3. The second-order valence-corrected chi connectivity index (χ2v) is 5.03. The number of ether oxygens (including phenoxy) is 1. The molecule has 1 aliphatic rings. The van der Waals surface area contributed by atoms with Gasteiger partial charge in [-0.2, -0.15) is 0 Å². The molecule has 3 N–H and O–H groups in total. The van der Waals surface area contributed by atoms with E-state index < -0.39 is 29.4 Å². The smallest absolute Gasteiger partial charge is 0.332 e. The highest BCUT2D eigenvalue weighted by Crippen LogP contribution is 2.20. The van der Waals surface area contributed by atoms with Crippen LogP contribution >= 0.6 is 0 Å². The van der Waals surface area contributed by atoms with E-state index in [1.54, 1.807) is 25.1 Å². The van der Waals surface area contributed by atoms with E-state index in [1.807, 2.05) is 0 Å². The fraction of sp³-hybridized carbons (Fsp3) is 0.429. The Bertz CT molecular complexity index is 544. The fourth-order valence-electron chi connectivity index (χ4n) is 2.24. The molecule has 0 bridgehead atoms. The van der Waals surface area contributed by atoms with Crippen LogP contribution in [0.5, 0.6) is 0 Å². The Labute approximate surface area is 121 Å². The summed E-state index contributed by atoms with van der Waals surface area (Å²) < 4.78 is 18.7. The molecule has 0 saturated carbocycles. The molecule has 0 radical (unpaired) electrons. The standard InChI is InChI=1S/C14H17FN2O4/c1-9(10-4-2-3-5-11(10)15)16-13(20)17-14(12(18)19)6-7-21-8-14/h2-5,9H,6-8H2,1H3,(H,18,19)(H2,16,17,20). The summed E-state index contributed by atoms with van der Waals surface area (Å²) in [5, 5.41) is 14.2. The van der Waals surface area contributed by atoms with E-state index in [-0.39, 0.29) is 19.6 Å². The number of urea groups is 1. The summed E-state index contributed by atoms with van der Waals surface area (Å²) in [6, 6.07) is 4.83. The first-order valence-corrected chi connectivity index (χ1v) is 6.59. The number of hydrogen-bond acceptors (Lipinski definition) is 3. The molecule has 0 spiro atoms. The van der Waals surface area contributed by atoms with E-state index in [0.29, 0.717) is 5.56 Å². The highest BCUT2D eigenvalue weighted by atomic mass is 19.1. The van der Waals surface area contributed by atoms with Crippen molar-refractivity contribution in [3.63, 3.8) is 0 Å². The average molecular weight is 296 g/mol. The van der Waals surface area contributed by atoms with Crippen LogP contribution in [0, 0.1) is 5.82 Å². The summed E-state index contributed by atoms with van der Waals surface area (Å²) in [4.78, 5) is 23.2. The Kier molecular flexibility index (Phi) is 4.42. The first kappa shape index (κ1) is 15.2. The van der Waals surface area contributed by atoms with Crippen molar-refractivity contribution in [1.29, 1.82) is 0 Å². The second kappa shape index (κ2) is 6.09. The Balaban J connectivity index is 2.01. The van der Waals surface area contributed by atoms with Crippen LogP contribution in [0.3, 0.4) is 0 Å². The lowest BCUT2D eigenvalue weighted by Gasteiger charge is -2.25. The lowest BCUT2D eigenvalue weighted by atomic mass is 9.99. The number of carbonyl (C=O) groups excluding carboxylic acids is 1. The van der Waals surface area contributed by atoms with Gasteiger partial charge in [-0.1, -0.05) is 18.2 Å².